The summed E-state index contributed by atoms with van der Waals surface area (Å²) in [7, 11) is 2.73. The number of aliphatic imine (C=N–C) groups is 2. The molecular weight excluding hydrogens is 1750 g/mol. The van der Waals surface area contributed by atoms with E-state index in [1.54, 1.807) is 62.3 Å². The number of esters is 2. The maximum atomic E-state index is 14.3. The smallest absolute Gasteiger partial charge is 0.405 e. The number of amides is 1. The fraction of sp³-hybridized carbons (Fsp3) is 0.659. The van der Waals surface area contributed by atoms with Crippen LogP contribution in [-0.4, -0.2) is 241 Å². The van der Waals surface area contributed by atoms with Crippen LogP contribution in [0.25, 0.3) is 0 Å². The number of carbonyl (C=O) groups is 7. The Morgan fingerprint density at radius 2 is 0.977 bits per heavy atom. The van der Waals surface area contributed by atoms with E-state index in [9.17, 15) is 64.2 Å². The maximum absolute atomic E-state index is 14.3. The summed E-state index contributed by atoms with van der Waals surface area (Å²) in [5, 5.41) is 72.2. The molecule has 6 fully saturated rings. The van der Waals surface area contributed by atoms with E-state index in [1.165, 1.54) is 34.3 Å². The Morgan fingerprint density at radius 1 is 0.578 bits per heavy atom. The van der Waals surface area contributed by atoms with Gasteiger partial charge in [0.1, 0.15) is 58.5 Å². The number of hydrogen-bond donors (Lipinski definition) is 10. The van der Waals surface area contributed by atoms with Gasteiger partial charge in [0.2, 0.25) is 23.4 Å². The number of primary amides is 1. The molecule has 0 spiro atoms. The molecule has 2 saturated carbocycles. The fourth-order valence-corrected chi connectivity index (χ4v) is 20.7. The van der Waals surface area contributed by atoms with Crippen molar-refractivity contribution >= 4 is 99.4 Å². The van der Waals surface area contributed by atoms with Gasteiger partial charge in [-0.1, -0.05) is 158 Å². The van der Waals surface area contributed by atoms with Gasteiger partial charge in [0, 0.05) is 89.3 Å². The molecule has 37 heteroatoms. The number of rotatable bonds is 25. The molecule has 10 aliphatic rings. The van der Waals surface area contributed by atoms with Gasteiger partial charge in [-0.15, -0.1) is 0 Å². The van der Waals surface area contributed by atoms with Crippen molar-refractivity contribution in [2.45, 2.75) is 296 Å². The molecule has 0 aromatic carbocycles. The lowest BCUT2D eigenvalue weighted by Gasteiger charge is -2.50. The lowest BCUT2D eigenvalue weighted by molar-refractivity contribution is -0.301. The average Bonchev–Trinajstić information content (AvgIpc) is 1.11. The minimum atomic E-state index is -1.79. The Morgan fingerprint density at radius 3 is 1.32 bits per heavy atom. The van der Waals surface area contributed by atoms with Crippen LogP contribution in [0, 0.1) is 77.9 Å². The first kappa shape index (κ1) is 103. The molecule has 12 N–H and O–H groups in total. The monoisotopic (exact) mass is 1870 g/mol. The third-order valence-electron chi connectivity index (χ3n) is 26.6. The predicted octanol–water partition coefficient (Wildman–Crippen LogP) is 12.4. The Labute approximate surface area is 765 Å². The van der Waals surface area contributed by atoms with Crippen molar-refractivity contribution in [2.75, 3.05) is 14.2 Å². The number of methoxy groups -OCH3 is 2. The largest absolute Gasteiger partial charge is 0.510 e. The molecule has 8 heterocycles. The number of ketones is 4. The zero-order valence-electron chi connectivity index (χ0n) is 74.5. The Bertz CT molecular complexity index is 4690. The van der Waals surface area contributed by atoms with Crippen LogP contribution < -0.4 is 11.5 Å². The summed E-state index contributed by atoms with van der Waals surface area (Å²) in [5.41, 5.74) is 9.57. The van der Waals surface area contributed by atoms with Crippen LogP contribution in [-0.2, 0) is 85.5 Å². The number of Topliss-reactive ketones (excluding diaryl/α,β-unsaturated/α-hetero) is 4. The lowest BCUT2D eigenvalue weighted by Crippen LogP contribution is -2.63. The second-order valence-corrected chi connectivity index (χ2v) is 37.7. The van der Waals surface area contributed by atoms with Gasteiger partial charge in [-0.25, -0.2) is 14.8 Å². The lowest BCUT2D eigenvalue weighted by atomic mass is 9.61. The van der Waals surface area contributed by atoms with Crippen molar-refractivity contribution in [3.05, 3.63) is 127 Å². The van der Waals surface area contributed by atoms with Gasteiger partial charge in [0.15, 0.2) is 90.3 Å². The third kappa shape index (κ3) is 20.9. The van der Waals surface area contributed by atoms with E-state index in [0.717, 1.165) is 11.1 Å². The van der Waals surface area contributed by atoms with Crippen LogP contribution in [0.1, 0.15) is 182 Å². The number of aromatic amines is 2. The van der Waals surface area contributed by atoms with E-state index in [2.05, 4.69) is 39.7 Å². The molecule has 0 bridgehead atoms. The van der Waals surface area contributed by atoms with E-state index < -0.39 is 205 Å². The second-order valence-electron chi connectivity index (χ2n) is 36.1. The highest BCUT2D eigenvalue weighted by molar-refractivity contribution is 6.45. The molecule has 4 aliphatic carbocycles. The predicted molar refractivity (Wildman–Crippen MR) is 471 cm³/mol. The number of H-pyrrole nitrogens is 2. The number of ether oxygens (including phenoxy) is 14. The molecule has 4 saturated heterocycles. The molecule has 12 rings (SSSR count). The first-order chi connectivity index (χ1) is 59.6. The Balaban J connectivity index is 0.000000265. The van der Waals surface area contributed by atoms with E-state index in [4.69, 9.17) is 124 Å². The van der Waals surface area contributed by atoms with Crippen LogP contribution in [0.3, 0.4) is 0 Å². The van der Waals surface area contributed by atoms with Crippen LogP contribution in [0.4, 0.5) is 4.79 Å². The summed E-state index contributed by atoms with van der Waals surface area (Å²) in [6.07, 6.45) is -10.4. The number of aliphatic hydroxyl groups excluding tert-OH is 4. The summed E-state index contributed by atoms with van der Waals surface area (Å²) in [5.74, 6) is -9.83. The summed E-state index contributed by atoms with van der Waals surface area (Å²) >= 11 is 24.8. The topological polar surface area (TPSA) is 478 Å². The number of nitrogens with two attached hydrogens (primary N) is 2. The van der Waals surface area contributed by atoms with E-state index in [-0.39, 0.29) is 146 Å². The number of aryl methyl sites for hydroxylation is 1. The van der Waals surface area contributed by atoms with Crippen LogP contribution >= 0.6 is 46.4 Å². The molecule has 128 heavy (non-hydrogen) atoms. The van der Waals surface area contributed by atoms with Crippen molar-refractivity contribution in [3.8, 4) is 0 Å². The van der Waals surface area contributed by atoms with Crippen molar-refractivity contribution in [3.63, 3.8) is 0 Å². The van der Waals surface area contributed by atoms with Gasteiger partial charge in [0.25, 0.3) is 0 Å². The second kappa shape index (κ2) is 41.7. The van der Waals surface area contributed by atoms with E-state index >= 15 is 0 Å². The Kier molecular flexibility index (Phi) is 33.4. The van der Waals surface area contributed by atoms with Crippen molar-refractivity contribution in [1.29, 1.82) is 0 Å². The highest BCUT2D eigenvalue weighted by Gasteiger charge is 2.60. The van der Waals surface area contributed by atoms with Crippen molar-refractivity contribution in [2.24, 2.45) is 92.5 Å². The molecule has 33 nitrogen and oxygen atoms in total. The molecule has 1 amide bonds. The average molecular weight is 1880 g/mol. The molecule has 710 valence electrons. The molecule has 6 aliphatic heterocycles. The number of nitrogens with one attached hydrogen (secondary N) is 2. The quantitative estimate of drug-likeness (QED) is 0.0110. The number of halogens is 4. The zero-order valence-corrected chi connectivity index (χ0v) is 77.5. The van der Waals surface area contributed by atoms with Gasteiger partial charge in [0.05, 0.1) is 56.7 Å². The van der Waals surface area contributed by atoms with Gasteiger partial charge in [-0.3, -0.25) is 28.8 Å². The number of aromatic nitrogens is 2. The van der Waals surface area contributed by atoms with E-state index in [0.29, 0.717) is 31.4 Å². The molecular formula is C91H126Cl4N6O27. The zero-order chi connectivity index (χ0) is 93.7. The third-order valence-corrected chi connectivity index (χ3v) is 28.4. The summed E-state index contributed by atoms with van der Waals surface area (Å²) in [6.45, 7) is 37.5. The van der Waals surface area contributed by atoms with Gasteiger partial charge < -0.3 is 118 Å². The number of nitrogens with zero attached hydrogens (tertiary/aromatic N) is 2. The highest BCUT2D eigenvalue weighted by atomic mass is 35.5. The highest BCUT2D eigenvalue weighted by Crippen LogP contribution is 2.54. The molecule has 2 aromatic heterocycles. The van der Waals surface area contributed by atoms with Crippen molar-refractivity contribution < 1.29 is 131 Å². The van der Waals surface area contributed by atoms with Gasteiger partial charge in [-0.2, -0.15) is 0 Å². The summed E-state index contributed by atoms with van der Waals surface area (Å²) in [6, 6.07) is 0. The number of hydrogen-bond acceptors (Lipinski definition) is 30. The minimum Gasteiger partial charge on any atom is -0.510 e. The van der Waals surface area contributed by atoms with Crippen LogP contribution in [0.2, 0.25) is 20.1 Å². The van der Waals surface area contributed by atoms with E-state index in [1.807, 2.05) is 52.0 Å². The maximum Gasteiger partial charge on any atom is 0.405 e. The summed E-state index contributed by atoms with van der Waals surface area (Å²) in [4.78, 5) is 107. The van der Waals surface area contributed by atoms with Gasteiger partial charge >= 0.3 is 18.0 Å². The number of allylic oxidation sites excluding steroid dienone is 6. The first-order valence-electron chi connectivity index (χ1n) is 43.1. The fourth-order valence-electron chi connectivity index (χ4n) is 19.9. The van der Waals surface area contributed by atoms with Crippen LogP contribution in [0.5, 0.6) is 0 Å². The van der Waals surface area contributed by atoms with Crippen molar-refractivity contribution in [1.82, 2.24) is 9.97 Å². The molecule has 32 unspecified atom stereocenters. The normalized spacial score (nSPS) is 37.8. The first-order valence-corrected chi connectivity index (χ1v) is 44.6. The number of carbonyl (C=O) groups excluding carboxylic acids is 7. The minimum absolute atomic E-state index is 0. The molecule has 2 aromatic rings. The summed E-state index contributed by atoms with van der Waals surface area (Å²) < 4.78 is 84.7. The van der Waals surface area contributed by atoms with Crippen LogP contribution in [0.15, 0.2) is 100 Å². The number of fused-ring (bicyclic) bond motifs is 2. The molecule has 32 atom stereocenters. The standard InChI is InChI=1S/C45H61Cl2N3O14.C45H61Cl2N3O13.CH4/c1-17(2)37-36(54)34(50-43(63-37)41-39(58-10)40(61-24(9)51)38(22(7)60-41)64-44(48)56)35(53)30-19(4)11-13-25-27(14-12-18(3)29(25)30)62-28-16-45(57,42(55)23(8)59-28)20(5)15-26(52)33-32(47)31(46)21(6)49-33;1-18(2)38-37(54)35(50-44(63-38)42-40(57-10)41(61-25(9)51)39(22(6)59-42)60-24(8)48)36(53)32-20(4)11-13-26-29(14-12-19(3)31(26)32)62-30-16-45(56,43(55)23(7)58-30)21(5)15-28(52)34-33(47)27(46)17-49-34;/h11,13,17,19-20,22-23,25,27-30,37-42,49,53,55,57H,3,12,14-16H2,1-2,4-10H3,(H2,48,56);11,13,17-18,20-23,26,29-32,38-43,49,53,55-56H,3,8,12,14-16,48H2,1-2,4-7,9-10H3;1H4/b35-34-;36-35-;. The number of aliphatic hydroxyl groups is 6. The van der Waals surface area contributed by atoms with Gasteiger partial charge in [-0.05, 0) is 114 Å². The molecule has 0 radical (unpaired) electrons. The SMILES string of the molecule is C.C=C(N)OC1C(C)OC(C2=N/C(=C(\O)C3C(C)C=CC4C(OC5CC(O)(C(C)CC(=O)c6[nH]cc(Cl)c6Cl)C(O)C(C)O5)CCC(=C)C43)C(=O)C(C(C)C)O2)C(OC)C1OC(C)=O.C=C1CCC(OC2CC(O)(C(C)CC(=O)c3[nH]c(C)c(Cl)c3Cl)C(O)C(C)O2)C2C=CC(C)C(/C(O)=C3/N=C(C4OC(C)C(OC(N)=O)C(OC(C)=O)C4OC)OC(C(C)C)C3=O)C12. The Hall–Kier alpha value is -7.55.